The van der Waals surface area contributed by atoms with Crippen LogP contribution in [0.3, 0.4) is 0 Å². The number of benzene rings is 4. The third-order valence-corrected chi connectivity index (χ3v) is 17.8. The van der Waals surface area contributed by atoms with Crippen LogP contribution in [0.4, 0.5) is 0 Å². The van der Waals surface area contributed by atoms with Crippen LogP contribution in [0.15, 0.2) is 46.6 Å². The fourth-order valence-corrected chi connectivity index (χ4v) is 12.8. The first-order valence-corrected chi connectivity index (χ1v) is 27.6. The molecule has 4 aromatic carbocycles. The fraction of sp³-hybridized carbons (Fsp3) is 0.458. The van der Waals surface area contributed by atoms with Crippen LogP contribution in [0.1, 0.15) is 158 Å². The predicted octanol–water partition coefficient (Wildman–Crippen LogP) is 1.94. The van der Waals surface area contributed by atoms with E-state index >= 15 is 0 Å². The van der Waals surface area contributed by atoms with Crippen LogP contribution < -0.4 is 31.8 Å². The van der Waals surface area contributed by atoms with Gasteiger partial charge >= 0.3 is 0 Å². The van der Waals surface area contributed by atoms with E-state index in [0.717, 1.165) is 0 Å². The van der Waals surface area contributed by atoms with Crippen molar-refractivity contribution in [2.75, 3.05) is 14.2 Å². The van der Waals surface area contributed by atoms with Crippen molar-refractivity contribution in [2.24, 2.45) is 33.5 Å². The number of hydrazone groups is 2. The Kier molecular flexibility index (Phi) is 16.2. The molecule has 0 aromatic heterocycles. The number of ketones is 4. The highest BCUT2D eigenvalue weighted by Crippen LogP contribution is 2.55. The molecular formula is C59H65ClN6O20. The SMILES string of the molecule is COc1cccc2c1C(=O)c1c(O)c3c(c(O)c1C2=O)C[C@@](O)(/C(C)=N\NC(=O)[C@H]1C[C@@H]1C(=O)N/N=C(\C)[C@]1(O)Cc2c(O)c4c(c(O)c2[C@@H](OC2CC(N)C(O)C(C)O2)C1)C(=O)c1c(OC)cccc1C4=O)C[C@@H]3OC1CC(N)C(O)C(C)O1.Cl. The number of phenols is 4. The number of hydrogen-bond donors (Lipinski definition) is 12. The third-order valence-electron chi connectivity index (χ3n) is 17.8. The molecule has 458 valence electrons. The Morgan fingerprint density at radius 1 is 0.581 bits per heavy atom. The predicted molar refractivity (Wildman–Crippen MR) is 301 cm³/mol. The summed E-state index contributed by atoms with van der Waals surface area (Å²) in [6.07, 6.45) is -10.9. The number of rotatable bonds is 12. The second-order valence-corrected chi connectivity index (χ2v) is 23.0. The van der Waals surface area contributed by atoms with Gasteiger partial charge in [-0.1, -0.05) is 24.3 Å². The Balaban J connectivity index is 0.00000820. The molecule has 0 bridgehead atoms. The number of nitrogens with zero attached hydrogens (tertiary/aromatic N) is 2. The fourth-order valence-electron chi connectivity index (χ4n) is 12.8. The highest BCUT2D eigenvalue weighted by molar-refractivity contribution is 6.32. The smallest absolute Gasteiger partial charge is 0.244 e. The van der Waals surface area contributed by atoms with Crippen LogP contribution in [0.5, 0.6) is 34.5 Å². The third kappa shape index (κ3) is 10.0. The van der Waals surface area contributed by atoms with Crippen molar-refractivity contribution in [1.29, 1.82) is 0 Å². The maximum atomic E-state index is 14.2. The number of amides is 2. The number of aliphatic hydroxyl groups excluding tert-OH is 2. The molecule has 2 aliphatic heterocycles. The van der Waals surface area contributed by atoms with E-state index in [1.165, 1.54) is 64.5 Å². The van der Waals surface area contributed by atoms with Crippen LogP contribution in [0.25, 0.3) is 0 Å². The number of hydrogen-bond acceptors (Lipinski definition) is 24. The van der Waals surface area contributed by atoms with E-state index in [-0.39, 0.29) is 99.1 Å². The number of nitrogens with one attached hydrogen (secondary N) is 2. The van der Waals surface area contributed by atoms with Crippen molar-refractivity contribution in [1.82, 2.24) is 10.9 Å². The largest absolute Gasteiger partial charge is 0.507 e. The summed E-state index contributed by atoms with van der Waals surface area (Å²) in [5, 5.41) is 102. The van der Waals surface area contributed by atoms with Crippen LogP contribution in [-0.4, -0.2) is 162 Å². The second-order valence-electron chi connectivity index (χ2n) is 23.0. The van der Waals surface area contributed by atoms with Gasteiger partial charge in [-0.25, -0.2) is 10.9 Å². The molecule has 11 rings (SSSR count). The molecule has 27 heteroatoms. The van der Waals surface area contributed by atoms with E-state index in [1.54, 1.807) is 13.8 Å². The molecule has 0 spiro atoms. The van der Waals surface area contributed by atoms with Gasteiger partial charge in [-0.05, 0) is 46.2 Å². The van der Waals surface area contributed by atoms with E-state index in [4.69, 9.17) is 39.9 Å². The van der Waals surface area contributed by atoms with E-state index < -0.39 is 190 Å². The van der Waals surface area contributed by atoms with Crippen LogP contribution in [-0.2, 0) is 41.4 Å². The number of carbonyl (C=O) groups excluding carboxylic acids is 6. The van der Waals surface area contributed by atoms with Crippen molar-refractivity contribution in [3.8, 4) is 34.5 Å². The number of aromatic hydroxyl groups is 4. The molecule has 14 atom stereocenters. The number of methoxy groups -OCH3 is 2. The molecule has 2 amide bonds. The first-order valence-electron chi connectivity index (χ1n) is 27.6. The summed E-state index contributed by atoms with van der Waals surface area (Å²) in [5.41, 5.74) is 9.51. The van der Waals surface area contributed by atoms with Gasteiger partial charge in [-0.15, -0.1) is 12.4 Å². The first kappa shape index (κ1) is 61.6. The van der Waals surface area contributed by atoms with Crippen LogP contribution >= 0.6 is 12.4 Å². The summed E-state index contributed by atoms with van der Waals surface area (Å²) in [7, 11) is 2.61. The first-order chi connectivity index (χ1) is 40.2. The Labute approximate surface area is 496 Å². The van der Waals surface area contributed by atoms with Crippen molar-refractivity contribution >= 4 is 58.8 Å². The minimum Gasteiger partial charge on any atom is -0.507 e. The number of ether oxygens (including phenoxy) is 6. The van der Waals surface area contributed by atoms with Gasteiger partial charge in [0.15, 0.2) is 24.1 Å². The highest BCUT2D eigenvalue weighted by atomic mass is 35.5. The molecular weight excluding hydrogens is 1150 g/mol. The second kappa shape index (κ2) is 22.7. The minimum atomic E-state index is -2.11. The summed E-state index contributed by atoms with van der Waals surface area (Å²) in [6.45, 7) is 5.86. The molecule has 4 aromatic rings. The van der Waals surface area contributed by atoms with Crippen molar-refractivity contribution < 1.29 is 98.0 Å². The lowest BCUT2D eigenvalue weighted by Crippen LogP contribution is -2.52. The molecule has 2 heterocycles. The van der Waals surface area contributed by atoms with Gasteiger partial charge in [0.25, 0.3) is 0 Å². The topological polar surface area (TPSA) is 420 Å². The molecule has 0 radical (unpaired) electrons. The van der Waals surface area contributed by atoms with Gasteiger partial charge in [-0.2, -0.15) is 10.2 Å². The maximum Gasteiger partial charge on any atom is 0.244 e. The van der Waals surface area contributed by atoms with Gasteiger partial charge < -0.3 is 80.7 Å². The zero-order valence-corrected chi connectivity index (χ0v) is 48.1. The monoisotopic (exact) mass is 1210 g/mol. The number of phenolic OH excluding ortho intramolecular Hbond substituents is 4. The molecule has 26 nitrogen and oxygen atoms in total. The van der Waals surface area contributed by atoms with E-state index in [1.807, 2.05) is 0 Å². The molecule has 5 aliphatic carbocycles. The number of aliphatic hydroxyl groups is 4. The van der Waals surface area contributed by atoms with Crippen molar-refractivity contribution in [2.45, 2.75) is 145 Å². The number of fused-ring (bicyclic) bond motifs is 6. The van der Waals surface area contributed by atoms with Crippen molar-refractivity contribution in [3.63, 3.8) is 0 Å². The number of halogens is 1. The minimum absolute atomic E-state index is 0. The van der Waals surface area contributed by atoms with Crippen LogP contribution in [0.2, 0.25) is 0 Å². The lowest BCUT2D eigenvalue weighted by atomic mass is 9.71. The maximum absolute atomic E-state index is 14.2. The number of carbonyl (C=O) groups is 6. The summed E-state index contributed by atoms with van der Waals surface area (Å²) in [4.78, 5) is 84.0. The lowest BCUT2D eigenvalue weighted by molar-refractivity contribution is -0.246. The summed E-state index contributed by atoms with van der Waals surface area (Å²) >= 11 is 0. The average molecular weight is 1210 g/mol. The summed E-state index contributed by atoms with van der Waals surface area (Å²) < 4.78 is 35.3. The van der Waals surface area contributed by atoms with Gasteiger partial charge in [0.05, 0.1) is 107 Å². The summed E-state index contributed by atoms with van der Waals surface area (Å²) in [6, 6.07) is 6.99. The number of nitrogens with two attached hydrogens (primary N) is 2. The molecule has 86 heavy (non-hydrogen) atoms. The molecule has 7 aliphatic rings. The molecule has 3 fully saturated rings. The Bertz CT molecular complexity index is 3380. The van der Waals surface area contributed by atoms with Crippen molar-refractivity contribution in [3.05, 3.63) is 103 Å². The lowest BCUT2D eigenvalue weighted by Gasteiger charge is -2.42. The zero-order valence-electron chi connectivity index (χ0n) is 47.3. The molecule has 1 saturated carbocycles. The average Bonchev–Trinajstić information content (AvgIpc) is 1.67. The van der Waals surface area contributed by atoms with E-state index in [9.17, 15) is 69.6 Å². The normalized spacial score (nSPS) is 31.0. The zero-order chi connectivity index (χ0) is 61.2. The highest BCUT2D eigenvalue weighted by Gasteiger charge is 2.53. The Morgan fingerprint density at radius 3 is 1.29 bits per heavy atom. The Morgan fingerprint density at radius 2 is 0.942 bits per heavy atom. The summed E-state index contributed by atoms with van der Waals surface area (Å²) in [5.74, 6) is -9.49. The van der Waals surface area contributed by atoms with Gasteiger partial charge in [0.1, 0.15) is 45.7 Å². The Hall–Kier alpha value is -7.47. The van der Waals surface area contributed by atoms with E-state index in [0.29, 0.717) is 0 Å². The molecule has 14 N–H and O–H groups in total. The van der Waals surface area contributed by atoms with Crippen LogP contribution in [0, 0.1) is 11.8 Å². The van der Waals surface area contributed by atoms with Gasteiger partial charge in [-0.3, -0.25) is 28.8 Å². The van der Waals surface area contributed by atoms with E-state index in [2.05, 4.69) is 21.1 Å². The molecule has 8 unspecified atom stereocenters. The standard InChI is InChI=1S/C59H64N6O20.ClH/c1-20-46(66)30(60)14-36(82-20)84-34-18-58(78,16-28-40(34)54(74)44-42(50(28)70)48(68)24-9-7-11-32(80-5)38(24)52(44)72)22(3)62-64-56(76)26-13-27(26)57(77)65-63-23(4)59(79)17-29-41(35(19-59)85-37-15-31(61)47(67)21(2)83-37)55(75)45-43(51(29)71)49(69)25-10-8-12-33(81-6)39(25)53(45)73;/h7-12,20-21,26-27,30-31,34-37,46-47,66-67,70-71,74-75,78-79H,13-19,60-61H2,1-6H3,(H,64,76)(H,65,77);1H/b62-22-,63-23+;/t20?,21?,26-,27-,30?,31?,34-,35-,36?,37?,46?,47?,58-,59-;/m0./s1. The van der Waals surface area contributed by atoms with Gasteiger partial charge in [0.2, 0.25) is 23.4 Å². The molecule has 2 saturated heterocycles. The van der Waals surface area contributed by atoms with Gasteiger partial charge in [0, 0.05) is 84.0 Å². The quantitative estimate of drug-likeness (QED) is 0.0473.